The molecule has 2 rings (SSSR count). The summed E-state index contributed by atoms with van der Waals surface area (Å²) in [5.41, 5.74) is 7.65. The van der Waals surface area contributed by atoms with E-state index in [0.717, 1.165) is 18.1 Å². The summed E-state index contributed by atoms with van der Waals surface area (Å²) in [5, 5.41) is 0. The summed E-state index contributed by atoms with van der Waals surface area (Å²) >= 11 is 0. The van der Waals surface area contributed by atoms with Gasteiger partial charge in [0.1, 0.15) is 5.75 Å². The highest BCUT2D eigenvalue weighted by Gasteiger charge is 2.19. The first-order valence-corrected chi connectivity index (χ1v) is 8.18. The molecule has 1 aromatic carbocycles. The molecule has 0 aliphatic heterocycles. The lowest BCUT2D eigenvalue weighted by Gasteiger charge is -2.22. The molecule has 0 amide bonds. The predicted octanol–water partition coefficient (Wildman–Crippen LogP) is 4.83. The molecule has 0 bridgehead atoms. The Morgan fingerprint density at radius 1 is 1.10 bits per heavy atom. The van der Waals surface area contributed by atoms with Crippen LogP contribution in [0.4, 0.5) is 0 Å². The van der Waals surface area contributed by atoms with E-state index in [2.05, 4.69) is 26.0 Å². The SMILES string of the molecule is CC(C)Oc1ccccc1C(N)CC1CCCCCC1. The molecule has 0 saturated heterocycles. The van der Waals surface area contributed by atoms with Crippen LogP contribution in [-0.2, 0) is 0 Å². The first kappa shape index (κ1) is 15.4. The Morgan fingerprint density at radius 3 is 2.40 bits per heavy atom. The Bertz CT molecular complexity index is 394. The van der Waals surface area contributed by atoms with Gasteiger partial charge in [-0.25, -0.2) is 0 Å². The Labute approximate surface area is 123 Å². The molecule has 0 aromatic heterocycles. The van der Waals surface area contributed by atoms with Gasteiger partial charge in [0.2, 0.25) is 0 Å². The quantitative estimate of drug-likeness (QED) is 0.781. The molecule has 0 spiro atoms. The third-order valence-corrected chi connectivity index (χ3v) is 4.24. The number of hydrogen-bond donors (Lipinski definition) is 1. The number of hydrogen-bond acceptors (Lipinski definition) is 2. The van der Waals surface area contributed by atoms with Crippen LogP contribution >= 0.6 is 0 Å². The van der Waals surface area contributed by atoms with Gasteiger partial charge >= 0.3 is 0 Å². The van der Waals surface area contributed by atoms with Crippen molar-refractivity contribution >= 4 is 0 Å². The van der Waals surface area contributed by atoms with Crippen molar-refractivity contribution < 1.29 is 4.74 Å². The zero-order valence-corrected chi connectivity index (χ0v) is 13.0. The van der Waals surface area contributed by atoms with Crippen molar-refractivity contribution in [3.05, 3.63) is 29.8 Å². The minimum absolute atomic E-state index is 0.105. The summed E-state index contributed by atoms with van der Waals surface area (Å²) in [6.45, 7) is 4.13. The predicted molar refractivity (Wildman–Crippen MR) is 84.9 cm³/mol. The van der Waals surface area contributed by atoms with Gasteiger partial charge in [-0.1, -0.05) is 56.7 Å². The summed E-state index contributed by atoms with van der Waals surface area (Å²) in [6.07, 6.45) is 9.54. The maximum absolute atomic E-state index is 6.47. The van der Waals surface area contributed by atoms with Gasteiger partial charge in [-0.2, -0.15) is 0 Å². The third kappa shape index (κ3) is 4.52. The molecule has 20 heavy (non-hydrogen) atoms. The second-order valence-corrected chi connectivity index (χ2v) is 6.40. The fourth-order valence-electron chi connectivity index (χ4n) is 3.23. The van der Waals surface area contributed by atoms with Gasteiger partial charge < -0.3 is 10.5 Å². The van der Waals surface area contributed by atoms with Crippen molar-refractivity contribution in [2.45, 2.75) is 70.9 Å². The highest BCUT2D eigenvalue weighted by molar-refractivity contribution is 5.35. The largest absolute Gasteiger partial charge is 0.491 e. The molecule has 112 valence electrons. The van der Waals surface area contributed by atoms with E-state index in [9.17, 15) is 0 Å². The summed E-state index contributed by atoms with van der Waals surface area (Å²) < 4.78 is 5.90. The van der Waals surface area contributed by atoms with Crippen molar-refractivity contribution in [2.24, 2.45) is 11.7 Å². The third-order valence-electron chi connectivity index (χ3n) is 4.24. The van der Waals surface area contributed by atoms with Crippen LogP contribution in [0.25, 0.3) is 0 Å². The van der Waals surface area contributed by atoms with E-state index in [-0.39, 0.29) is 12.1 Å². The van der Waals surface area contributed by atoms with Gasteiger partial charge in [-0.3, -0.25) is 0 Å². The summed E-state index contributed by atoms with van der Waals surface area (Å²) in [6, 6.07) is 8.37. The number of rotatable bonds is 5. The van der Waals surface area contributed by atoms with Crippen LogP contribution in [0.2, 0.25) is 0 Å². The van der Waals surface area contributed by atoms with Crippen molar-refractivity contribution in [3.63, 3.8) is 0 Å². The molecule has 1 fully saturated rings. The van der Waals surface area contributed by atoms with Gasteiger partial charge in [0, 0.05) is 11.6 Å². The Kier molecular flexibility index (Phi) is 5.90. The number of ether oxygens (including phenoxy) is 1. The molecular formula is C18H29NO. The minimum atomic E-state index is 0.105. The van der Waals surface area contributed by atoms with Gasteiger partial charge in [-0.05, 0) is 32.3 Å². The normalized spacial score (nSPS) is 18.8. The van der Waals surface area contributed by atoms with E-state index >= 15 is 0 Å². The Morgan fingerprint density at radius 2 is 1.75 bits per heavy atom. The fraction of sp³-hybridized carbons (Fsp3) is 0.667. The maximum Gasteiger partial charge on any atom is 0.124 e. The summed E-state index contributed by atoms with van der Waals surface area (Å²) in [4.78, 5) is 0. The summed E-state index contributed by atoms with van der Waals surface area (Å²) in [5.74, 6) is 1.75. The Hall–Kier alpha value is -1.02. The van der Waals surface area contributed by atoms with Crippen LogP contribution in [0.5, 0.6) is 5.75 Å². The van der Waals surface area contributed by atoms with Gasteiger partial charge in [-0.15, -0.1) is 0 Å². The van der Waals surface area contributed by atoms with E-state index in [1.54, 1.807) is 0 Å². The fourth-order valence-corrected chi connectivity index (χ4v) is 3.23. The lowest BCUT2D eigenvalue weighted by Crippen LogP contribution is -2.17. The molecule has 2 nitrogen and oxygen atoms in total. The molecule has 1 aliphatic rings. The molecule has 0 heterocycles. The van der Waals surface area contributed by atoms with E-state index in [4.69, 9.17) is 10.5 Å². The van der Waals surface area contributed by atoms with Crippen LogP contribution in [-0.4, -0.2) is 6.10 Å². The molecule has 1 unspecified atom stereocenters. The highest BCUT2D eigenvalue weighted by Crippen LogP contribution is 2.33. The lowest BCUT2D eigenvalue weighted by atomic mass is 9.89. The molecule has 1 saturated carbocycles. The molecule has 2 N–H and O–H groups in total. The topological polar surface area (TPSA) is 35.2 Å². The van der Waals surface area contributed by atoms with Gasteiger partial charge in [0.25, 0.3) is 0 Å². The van der Waals surface area contributed by atoms with Crippen LogP contribution in [0.15, 0.2) is 24.3 Å². The number of benzene rings is 1. The molecule has 1 aromatic rings. The minimum Gasteiger partial charge on any atom is -0.491 e. The van der Waals surface area contributed by atoms with Crippen molar-refractivity contribution in [1.82, 2.24) is 0 Å². The van der Waals surface area contributed by atoms with Crippen molar-refractivity contribution in [1.29, 1.82) is 0 Å². The zero-order valence-electron chi connectivity index (χ0n) is 13.0. The van der Waals surface area contributed by atoms with E-state index in [1.165, 1.54) is 44.1 Å². The first-order chi connectivity index (χ1) is 9.66. The molecule has 1 atom stereocenters. The van der Waals surface area contributed by atoms with Gasteiger partial charge in [0.15, 0.2) is 0 Å². The van der Waals surface area contributed by atoms with E-state index < -0.39 is 0 Å². The van der Waals surface area contributed by atoms with Crippen molar-refractivity contribution in [2.75, 3.05) is 0 Å². The smallest absolute Gasteiger partial charge is 0.124 e. The molecular weight excluding hydrogens is 246 g/mol. The van der Waals surface area contributed by atoms with Gasteiger partial charge in [0.05, 0.1) is 6.10 Å². The van der Waals surface area contributed by atoms with E-state index in [0.29, 0.717) is 0 Å². The van der Waals surface area contributed by atoms with Crippen LogP contribution in [0, 0.1) is 5.92 Å². The number of para-hydroxylation sites is 1. The highest BCUT2D eigenvalue weighted by atomic mass is 16.5. The zero-order chi connectivity index (χ0) is 14.4. The standard InChI is InChI=1S/C18H29NO/c1-14(2)20-18-12-8-7-11-16(18)17(19)13-15-9-5-3-4-6-10-15/h7-8,11-12,14-15,17H,3-6,9-10,13,19H2,1-2H3. The summed E-state index contributed by atoms with van der Waals surface area (Å²) in [7, 11) is 0. The Balaban J connectivity index is 2.02. The van der Waals surface area contributed by atoms with Crippen LogP contribution < -0.4 is 10.5 Å². The average Bonchev–Trinajstić information content (AvgIpc) is 2.67. The average molecular weight is 275 g/mol. The molecule has 2 heteroatoms. The second kappa shape index (κ2) is 7.68. The van der Waals surface area contributed by atoms with E-state index in [1.807, 2.05) is 12.1 Å². The monoisotopic (exact) mass is 275 g/mol. The van der Waals surface area contributed by atoms with Crippen molar-refractivity contribution in [3.8, 4) is 5.75 Å². The molecule has 1 aliphatic carbocycles. The second-order valence-electron chi connectivity index (χ2n) is 6.40. The van der Waals surface area contributed by atoms with Crippen LogP contribution in [0.1, 0.15) is 70.4 Å². The lowest BCUT2D eigenvalue weighted by molar-refractivity contribution is 0.237. The molecule has 0 radical (unpaired) electrons. The number of nitrogens with two attached hydrogens (primary N) is 1. The first-order valence-electron chi connectivity index (χ1n) is 8.18. The van der Waals surface area contributed by atoms with Crippen LogP contribution in [0.3, 0.4) is 0 Å². The maximum atomic E-state index is 6.47.